The van der Waals surface area contributed by atoms with Crippen LogP contribution in [0.1, 0.15) is 12.8 Å². The minimum atomic E-state index is -0.421. The number of thioether (sulfide) groups is 1. The fourth-order valence-electron chi connectivity index (χ4n) is 1.82. The predicted octanol–water partition coefficient (Wildman–Crippen LogP) is 0.293. The zero-order valence-corrected chi connectivity index (χ0v) is 10.7. The first-order valence-electron chi connectivity index (χ1n) is 5.69. The van der Waals surface area contributed by atoms with Gasteiger partial charge in [0, 0.05) is 16.8 Å². The molecular formula is C11H16N4O2S. The van der Waals surface area contributed by atoms with Crippen LogP contribution in [-0.4, -0.2) is 28.9 Å². The molecule has 7 heteroatoms. The van der Waals surface area contributed by atoms with E-state index in [-0.39, 0.29) is 12.0 Å². The van der Waals surface area contributed by atoms with Gasteiger partial charge in [-0.05, 0) is 18.9 Å². The fourth-order valence-corrected chi connectivity index (χ4v) is 2.81. The summed E-state index contributed by atoms with van der Waals surface area (Å²) in [6.07, 6.45) is 4.54. The zero-order chi connectivity index (χ0) is 13.0. The van der Waals surface area contributed by atoms with Gasteiger partial charge in [0.15, 0.2) is 0 Å². The maximum absolute atomic E-state index is 11.3. The Kier molecular flexibility index (Phi) is 4.40. The Labute approximate surface area is 109 Å². The van der Waals surface area contributed by atoms with Crippen molar-refractivity contribution in [3.63, 3.8) is 0 Å². The number of nitrogens with one attached hydrogen (secondary N) is 1. The number of anilines is 1. The van der Waals surface area contributed by atoms with E-state index in [0.29, 0.717) is 12.1 Å². The number of ether oxygens (including phenoxy) is 1. The molecule has 18 heavy (non-hydrogen) atoms. The lowest BCUT2D eigenvalue weighted by atomic mass is 10.2. The van der Waals surface area contributed by atoms with E-state index in [0.717, 1.165) is 17.1 Å². The monoisotopic (exact) mass is 268 g/mol. The first-order chi connectivity index (χ1) is 8.70. The molecule has 2 atom stereocenters. The third-order valence-corrected chi connectivity index (χ3v) is 4.00. The number of hydrogen-bond donors (Lipinski definition) is 3. The Hall–Kier alpha value is -1.31. The molecule has 1 fully saturated rings. The van der Waals surface area contributed by atoms with Gasteiger partial charge in [0.2, 0.25) is 0 Å². The Bertz CT molecular complexity index is 429. The lowest BCUT2D eigenvalue weighted by Gasteiger charge is -2.12. The van der Waals surface area contributed by atoms with Crippen LogP contribution in [0.15, 0.2) is 23.4 Å². The second-order valence-electron chi connectivity index (χ2n) is 4.06. The van der Waals surface area contributed by atoms with Crippen LogP contribution in [0.3, 0.4) is 0 Å². The van der Waals surface area contributed by atoms with Crippen molar-refractivity contribution in [1.82, 2.24) is 10.4 Å². The highest BCUT2D eigenvalue weighted by atomic mass is 32.2. The number of nitrogen functional groups attached to an aromatic ring is 1. The van der Waals surface area contributed by atoms with Crippen molar-refractivity contribution >= 4 is 23.4 Å². The van der Waals surface area contributed by atoms with E-state index < -0.39 is 6.10 Å². The summed E-state index contributed by atoms with van der Waals surface area (Å²) in [6, 6.07) is 1.87. The largest absolute Gasteiger partial charge is 0.397 e. The number of hydrazine groups is 1. The van der Waals surface area contributed by atoms with Crippen molar-refractivity contribution in [3.05, 3.63) is 18.5 Å². The molecule has 1 aliphatic heterocycles. The van der Waals surface area contributed by atoms with E-state index in [4.69, 9.17) is 16.3 Å². The minimum absolute atomic E-state index is 0.0601. The summed E-state index contributed by atoms with van der Waals surface area (Å²) in [7, 11) is 0. The summed E-state index contributed by atoms with van der Waals surface area (Å²) in [5.74, 6) is 5.58. The molecule has 1 aliphatic rings. The molecule has 0 radical (unpaired) electrons. The molecule has 1 saturated heterocycles. The highest BCUT2D eigenvalue weighted by Crippen LogP contribution is 2.29. The van der Waals surface area contributed by atoms with Crippen LogP contribution in [0, 0.1) is 0 Å². The molecule has 2 rings (SSSR count). The molecule has 2 heterocycles. The quantitative estimate of drug-likeness (QED) is 0.314. The van der Waals surface area contributed by atoms with Gasteiger partial charge in [-0.2, -0.15) is 0 Å². The summed E-state index contributed by atoms with van der Waals surface area (Å²) in [5, 5.41) is 0. The molecule has 2 unspecified atom stereocenters. The summed E-state index contributed by atoms with van der Waals surface area (Å²) < 4.78 is 5.61. The molecule has 1 aromatic heterocycles. The smallest absolute Gasteiger partial charge is 0.263 e. The minimum Gasteiger partial charge on any atom is -0.397 e. The molecule has 1 amide bonds. The number of carbonyl (C=O) groups is 1. The number of hydrogen-bond acceptors (Lipinski definition) is 6. The summed E-state index contributed by atoms with van der Waals surface area (Å²) in [6.45, 7) is 0. The second kappa shape index (κ2) is 6.03. The van der Waals surface area contributed by atoms with Crippen molar-refractivity contribution in [2.45, 2.75) is 29.9 Å². The average Bonchev–Trinajstić information content (AvgIpc) is 2.86. The van der Waals surface area contributed by atoms with Crippen LogP contribution in [0.2, 0.25) is 0 Å². The van der Waals surface area contributed by atoms with Crippen molar-refractivity contribution < 1.29 is 9.53 Å². The van der Waals surface area contributed by atoms with Crippen LogP contribution in [0.25, 0.3) is 0 Å². The molecule has 0 saturated carbocycles. The Morgan fingerprint density at radius 3 is 3.17 bits per heavy atom. The summed E-state index contributed by atoms with van der Waals surface area (Å²) >= 11 is 1.61. The van der Waals surface area contributed by atoms with Crippen molar-refractivity contribution in [1.29, 1.82) is 0 Å². The number of amides is 1. The molecule has 98 valence electrons. The molecular weight excluding hydrogens is 252 g/mol. The standard InChI is InChI=1S/C11H16N4O2S/c12-8-5-14-4-3-10(8)18-6-7-1-2-9(17-7)11(16)15-13/h3-5,7,9H,1-2,6,12-13H2,(H,15,16). The van der Waals surface area contributed by atoms with Crippen LogP contribution in [0.5, 0.6) is 0 Å². The highest BCUT2D eigenvalue weighted by molar-refractivity contribution is 7.99. The Morgan fingerprint density at radius 2 is 2.44 bits per heavy atom. The Balaban J connectivity index is 1.82. The lowest BCUT2D eigenvalue weighted by Crippen LogP contribution is -2.39. The molecule has 0 aliphatic carbocycles. The number of carbonyl (C=O) groups excluding carboxylic acids is 1. The van der Waals surface area contributed by atoms with Gasteiger partial charge >= 0.3 is 0 Å². The van der Waals surface area contributed by atoms with Gasteiger partial charge in [-0.15, -0.1) is 11.8 Å². The number of aromatic nitrogens is 1. The third-order valence-electron chi connectivity index (χ3n) is 2.78. The second-order valence-corrected chi connectivity index (χ2v) is 5.12. The average molecular weight is 268 g/mol. The van der Waals surface area contributed by atoms with Crippen LogP contribution >= 0.6 is 11.8 Å². The van der Waals surface area contributed by atoms with Gasteiger partial charge in [-0.25, -0.2) is 5.84 Å². The maximum atomic E-state index is 11.3. The van der Waals surface area contributed by atoms with Crippen LogP contribution in [0.4, 0.5) is 5.69 Å². The van der Waals surface area contributed by atoms with E-state index in [1.54, 1.807) is 24.2 Å². The van der Waals surface area contributed by atoms with Crippen molar-refractivity contribution in [3.8, 4) is 0 Å². The van der Waals surface area contributed by atoms with Gasteiger partial charge in [0.25, 0.3) is 5.91 Å². The fraction of sp³-hybridized carbons (Fsp3) is 0.455. The Morgan fingerprint density at radius 1 is 1.61 bits per heavy atom. The van der Waals surface area contributed by atoms with Crippen LogP contribution < -0.4 is 17.0 Å². The number of pyridine rings is 1. The molecule has 0 aromatic carbocycles. The number of rotatable bonds is 4. The van der Waals surface area contributed by atoms with E-state index in [1.165, 1.54) is 0 Å². The molecule has 5 N–H and O–H groups in total. The first-order valence-corrected chi connectivity index (χ1v) is 6.67. The van der Waals surface area contributed by atoms with E-state index >= 15 is 0 Å². The maximum Gasteiger partial charge on any atom is 0.263 e. The lowest BCUT2D eigenvalue weighted by molar-refractivity contribution is -0.131. The normalized spacial score (nSPS) is 22.9. The summed E-state index contributed by atoms with van der Waals surface area (Å²) in [5.41, 5.74) is 8.57. The zero-order valence-electron chi connectivity index (χ0n) is 9.83. The first kappa shape index (κ1) is 13.1. The van der Waals surface area contributed by atoms with Gasteiger partial charge in [0.1, 0.15) is 6.10 Å². The number of nitrogens with two attached hydrogens (primary N) is 2. The van der Waals surface area contributed by atoms with Crippen LogP contribution in [-0.2, 0) is 9.53 Å². The van der Waals surface area contributed by atoms with E-state index in [2.05, 4.69) is 10.4 Å². The van der Waals surface area contributed by atoms with Gasteiger partial charge in [-0.1, -0.05) is 0 Å². The highest BCUT2D eigenvalue weighted by Gasteiger charge is 2.30. The predicted molar refractivity (Wildman–Crippen MR) is 69.6 cm³/mol. The topological polar surface area (TPSA) is 103 Å². The molecule has 0 bridgehead atoms. The summed E-state index contributed by atoms with van der Waals surface area (Å²) in [4.78, 5) is 16.2. The van der Waals surface area contributed by atoms with Gasteiger partial charge < -0.3 is 10.5 Å². The van der Waals surface area contributed by atoms with E-state index in [1.807, 2.05) is 6.07 Å². The molecule has 6 nitrogen and oxygen atoms in total. The molecule has 0 spiro atoms. The van der Waals surface area contributed by atoms with Crippen molar-refractivity contribution in [2.24, 2.45) is 5.84 Å². The van der Waals surface area contributed by atoms with Gasteiger partial charge in [0.05, 0.1) is 18.0 Å². The number of nitrogens with zero attached hydrogens (tertiary/aromatic N) is 1. The van der Waals surface area contributed by atoms with E-state index in [9.17, 15) is 4.79 Å². The van der Waals surface area contributed by atoms with Gasteiger partial charge in [-0.3, -0.25) is 15.2 Å². The third kappa shape index (κ3) is 3.12. The SMILES string of the molecule is NNC(=O)C1CCC(CSc2ccncc2N)O1. The van der Waals surface area contributed by atoms with Crippen molar-refractivity contribution in [2.75, 3.05) is 11.5 Å². The molecule has 1 aromatic rings.